The molecule has 1 aliphatic rings. The number of benzene rings is 2. The third-order valence-corrected chi connectivity index (χ3v) is 6.50. The minimum atomic E-state index is -4.36. The first-order valence-electron chi connectivity index (χ1n) is 10.7. The number of nitrogens with one attached hydrogen (secondary N) is 1. The maximum absolute atomic E-state index is 13.2. The molecule has 2 heterocycles. The lowest BCUT2D eigenvalue weighted by molar-refractivity contribution is -0.137. The van der Waals surface area contributed by atoms with Gasteiger partial charge >= 0.3 is 6.18 Å². The minimum absolute atomic E-state index is 0.470. The number of hydrogen-bond donors (Lipinski definition) is 1. The van der Waals surface area contributed by atoms with Crippen LogP contribution in [-0.4, -0.2) is 14.8 Å². The number of pyridine rings is 1. The fourth-order valence-corrected chi connectivity index (χ4v) is 4.53. The number of halogens is 3. The maximum atomic E-state index is 13.2. The summed E-state index contributed by atoms with van der Waals surface area (Å²) in [4.78, 5) is 4.36. The number of aryl methyl sites for hydroxylation is 2. The lowest BCUT2D eigenvalue weighted by Crippen LogP contribution is -2.17. The number of fused-ring (bicyclic) bond motifs is 1. The van der Waals surface area contributed by atoms with E-state index in [1.807, 2.05) is 55.3 Å². The Morgan fingerprint density at radius 2 is 1.82 bits per heavy atom. The van der Waals surface area contributed by atoms with Crippen LogP contribution in [0.4, 0.5) is 18.9 Å². The molecule has 0 amide bonds. The highest BCUT2D eigenvalue weighted by Gasteiger charge is 2.47. The molecule has 0 aliphatic heterocycles. The molecule has 1 aliphatic carbocycles. The van der Waals surface area contributed by atoms with Crippen molar-refractivity contribution in [2.45, 2.75) is 31.4 Å². The first kappa shape index (κ1) is 21.2. The van der Waals surface area contributed by atoms with Crippen molar-refractivity contribution >= 4 is 16.6 Å². The highest BCUT2D eigenvalue weighted by Crippen LogP contribution is 2.54. The van der Waals surface area contributed by atoms with Gasteiger partial charge in [0.15, 0.2) is 0 Å². The summed E-state index contributed by atoms with van der Waals surface area (Å²) in [7, 11) is 1.90. The lowest BCUT2D eigenvalue weighted by atomic mass is 9.91. The Hall–Kier alpha value is -3.61. The fourth-order valence-electron chi connectivity index (χ4n) is 4.53. The molecule has 0 saturated heterocycles. The summed E-state index contributed by atoms with van der Waals surface area (Å²) in [5, 5.41) is 8.89. The van der Waals surface area contributed by atoms with Crippen molar-refractivity contribution in [3.8, 4) is 11.1 Å². The molecule has 7 heteroatoms. The standard InChI is InChI=1S/C26H23F3N4/c1-16-24-22(14-30-15-23(24)33(3)32-16)18-7-9-21(10-8-18)31-17(2)25(11-12-25)19-5-4-6-20(13-19)26(27,28)29/h4-10,13-15,31H,2,11-12H2,1,3H3. The third kappa shape index (κ3) is 3.67. The van der Waals surface area contributed by atoms with Crippen LogP contribution >= 0.6 is 0 Å². The van der Waals surface area contributed by atoms with Crippen LogP contribution in [0.1, 0.15) is 29.7 Å². The predicted molar refractivity (Wildman–Crippen MR) is 124 cm³/mol. The average molecular weight is 448 g/mol. The van der Waals surface area contributed by atoms with Gasteiger partial charge < -0.3 is 5.32 Å². The van der Waals surface area contributed by atoms with E-state index in [1.165, 1.54) is 12.1 Å². The Bertz CT molecular complexity index is 1360. The van der Waals surface area contributed by atoms with Gasteiger partial charge in [-0.1, -0.05) is 36.9 Å². The third-order valence-electron chi connectivity index (χ3n) is 6.50. The number of allylic oxidation sites excluding steroid dienone is 1. The summed E-state index contributed by atoms with van der Waals surface area (Å²) in [5.41, 5.74) is 5.03. The van der Waals surface area contributed by atoms with Crippen LogP contribution in [0.25, 0.3) is 22.0 Å². The second-order valence-electron chi connectivity index (χ2n) is 8.63. The Balaban J connectivity index is 1.39. The van der Waals surface area contributed by atoms with E-state index in [0.717, 1.165) is 52.3 Å². The van der Waals surface area contributed by atoms with Crippen molar-refractivity contribution in [2.75, 3.05) is 5.32 Å². The summed E-state index contributed by atoms with van der Waals surface area (Å²) in [6, 6.07) is 13.5. The monoisotopic (exact) mass is 448 g/mol. The van der Waals surface area contributed by atoms with Crippen molar-refractivity contribution < 1.29 is 13.2 Å². The van der Waals surface area contributed by atoms with Crippen LogP contribution < -0.4 is 5.32 Å². The van der Waals surface area contributed by atoms with Crippen molar-refractivity contribution in [1.82, 2.24) is 14.8 Å². The zero-order valence-corrected chi connectivity index (χ0v) is 18.4. The molecule has 0 bridgehead atoms. The molecule has 1 fully saturated rings. The zero-order chi connectivity index (χ0) is 23.4. The van der Waals surface area contributed by atoms with Crippen molar-refractivity contribution in [1.29, 1.82) is 0 Å². The molecule has 0 unspecified atom stereocenters. The van der Waals surface area contributed by atoms with E-state index in [0.29, 0.717) is 11.3 Å². The molecule has 0 atom stereocenters. The van der Waals surface area contributed by atoms with E-state index in [2.05, 4.69) is 22.0 Å². The molecule has 2 aromatic heterocycles. The zero-order valence-electron chi connectivity index (χ0n) is 18.4. The molecule has 33 heavy (non-hydrogen) atoms. The smallest absolute Gasteiger partial charge is 0.359 e. The molecule has 4 nitrogen and oxygen atoms in total. The number of anilines is 1. The summed E-state index contributed by atoms with van der Waals surface area (Å²) in [6.07, 6.45) is 0.826. The largest absolute Gasteiger partial charge is 0.416 e. The summed E-state index contributed by atoms with van der Waals surface area (Å²) >= 11 is 0. The van der Waals surface area contributed by atoms with Gasteiger partial charge in [-0.25, -0.2) is 0 Å². The van der Waals surface area contributed by atoms with Crippen molar-refractivity contribution in [3.63, 3.8) is 0 Å². The van der Waals surface area contributed by atoms with Gasteiger partial charge in [0.1, 0.15) is 0 Å². The number of aromatic nitrogens is 3. The van der Waals surface area contributed by atoms with E-state index >= 15 is 0 Å². The average Bonchev–Trinajstić information content (AvgIpc) is 3.55. The van der Waals surface area contributed by atoms with Crippen molar-refractivity contribution in [2.24, 2.45) is 7.05 Å². The van der Waals surface area contributed by atoms with Gasteiger partial charge in [0.25, 0.3) is 0 Å². The van der Waals surface area contributed by atoms with E-state index in [4.69, 9.17) is 0 Å². The topological polar surface area (TPSA) is 42.7 Å². The Kier molecular flexibility index (Phi) is 4.81. The van der Waals surface area contributed by atoms with Crippen molar-refractivity contribution in [3.05, 3.63) is 90.0 Å². The molecule has 1 saturated carbocycles. The van der Waals surface area contributed by atoms with Gasteiger partial charge in [-0.05, 0) is 49.1 Å². The number of alkyl halides is 3. The molecule has 1 N–H and O–H groups in total. The molecule has 2 aromatic carbocycles. The molecule has 168 valence electrons. The normalized spacial score (nSPS) is 14.9. The van der Waals surface area contributed by atoms with Gasteiger partial charge in [0.2, 0.25) is 0 Å². The van der Waals surface area contributed by atoms with Crippen LogP contribution in [0.5, 0.6) is 0 Å². The van der Waals surface area contributed by atoms with Crippen LogP contribution in [0.3, 0.4) is 0 Å². The Labute approximate surface area is 189 Å². The summed E-state index contributed by atoms with van der Waals surface area (Å²) in [5.74, 6) is 0. The maximum Gasteiger partial charge on any atom is 0.416 e. The van der Waals surface area contributed by atoms with E-state index in [1.54, 1.807) is 6.07 Å². The number of hydrogen-bond acceptors (Lipinski definition) is 3. The first-order chi connectivity index (χ1) is 15.7. The van der Waals surface area contributed by atoms with Crippen LogP contribution in [0.15, 0.2) is 73.2 Å². The number of nitrogens with zero attached hydrogens (tertiary/aromatic N) is 3. The first-order valence-corrected chi connectivity index (χ1v) is 10.7. The van der Waals surface area contributed by atoms with Gasteiger partial charge in [0.05, 0.1) is 23.0 Å². The Morgan fingerprint density at radius 3 is 2.48 bits per heavy atom. The quantitative estimate of drug-likeness (QED) is 0.373. The molecule has 5 rings (SSSR count). The lowest BCUT2D eigenvalue weighted by Gasteiger charge is -2.22. The molecule has 4 aromatic rings. The van der Waals surface area contributed by atoms with E-state index in [9.17, 15) is 13.2 Å². The van der Waals surface area contributed by atoms with Gasteiger partial charge in [-0.15, -0.1) is 0 Å². The molecular weight excluding hydrogens is 425 g/mol. The summed E-state index contributed by atoms with van der Waals surface area (Å²) in [6.45, 7) is 6.16. The predicted octanol–water partition coefficient (Wildman–Crippen LogP) is 6.62. The highest BCUT2D eigenvalue weighted by atomic mass is 19.4. The Morgan fingerprint density at radius 1 is 1.09 bits per heavy atom. The van der Waals surface area contributed by atoms with E-state index < -0.39 is 17.2 Å². The summed E-state index contributed by atoms with van der Waals surface area (Å²) < 4.78 is 41.4. The second kappa shape index (κ2) is 7.47. The molecule has 0 radical (unpaired) electrons. The highest BCUT2D eigenvalue weighted by molar-refractivity contribution is 5.96. The van der Waals surface area contributed by atoms with Gasteiger partial charge in [-0.3, -0.25) is 9.67 Å². The minimum Gasteiger partial charge on any atom is -0.359 e. The van der Waals surface area contributed by atoms with Crippen LogP contribution in [-0.2, 0) is 18.6 Å². The number of rotatable bonds is 5. The fraction of sp³-hybridized carbons (Fsp3) is 0.231. The van der Waals surface area contributed by atoms with Gasteiger partial charge in [-0.2, -0.15) is 18.3 Å². The van der Waals surface area contributed by atoms with Crippen LogP contribution in [0, 0.1) is 6.92 Å². The van der Waals surface area contributed by atoms with Crippen LogP contribution in [0.2, 0.25) is 0 Å². The van der Waals surface area contributed by atoms with Gasteiger partial charge in [0, 0.05) is 41.0 Å². The molecular formula is C26H23F3N4. The molecule has 0 spiro atoms. The van der Waals surface area contributed by atoms with E-state index in [-0.39, 0.29) is 0 Å². The second-order valence-corrected chi connectivity index (χ2v) is 8.63. The SMILES string of the molecule is C=C(Nc1ccc(-c2cncc3c2c(C)nn3C)cc1)C1(c2cccc(C(F)(F)F)c2)CC1.